The summed E-state index contributed by atoms with van der Waals surface area (Å²) in [5.41, 5.74) is 5.30. The first-order valence-corrected chi connectivity index (χ1v) is 5.33. The van der Waals surface area contributed by atoms with Crippen LogP contribution in [0.15, 0.2) is 4.52 Å². The zero-order valence-electron chi connectivity index (χ0n) is 9.09. The predicted molar refractivity (Wildman–Crippen MR) is 56.0 cm³/mol. The summed E-state index contributed by atoms with van der Waals surface area (Å²) < 4.78 is 15.5. The maximum absolute atomic E-state index is 5.30. The zero-order valence-corrected chi connectivity index (χ0v) is 9.09. The van der Waals surface area contributed by atoms with E-state index in [-0.39, 0.29) is 0 Å². The van der Waals surface area contributed by atoms with Crippen LogP contribution in [-0.2, 0) is 16.1 Å². The highest BCUT2D eigenvalue weighted by atomic mass is 16.5. The van der Waals surface area contributed by atoms with Crippen molar-refractivity contribution in [1.29, 1.82) is 0 Å². The van der Waals surface area contributed by atoms with Crippen LogP contribution in [0.3, 0.4) is 0 Å². The molecule has 2 rings (SSSR count). The van der Waals surface area contributed by atoms with E-state index in [0.29, 0.717) is 44.8 Å². The van der Waals surface area contributed by atoms with Crippen molar-refractivity contribution < 1.29 is 14.0 Å². The van der Waals surface area contributed by atoms with E-state index >= 15 is 0 Å². The number of hydrogen-bond acceptors (Lipinski definition) is 7. The Balaban J connectivity index is 1.85. The number of hydrogen-bond donors (Lipinski definition) is 1. The first-order valence-electron chi connectivity index (χ1n) is 5.33. The summed E-state index contributed by atoms with van der Waals surface area (Å²) in [6.07, 6.45) is 0. The average Bonchev–Trinajstić information content (AvgIpc) is 2.79. The van der Waals surface area contributed by atoms with Gasteiger partial charge in [0.2, 0.25) is 0 Å². The van der Waals surface area contributed by atoms with E-state index in [9.17, 15) is 0 Å². The summed E-state index contributed by atoms with van der Waals surface area (Å²) in [7, 11) is 0. The van der Waals surface area contributed by atoms with Crippen LogP contribution in [0.4, 0.5) is 5.95 Å². The molecule has 1 aromatic heterocycles. The summed E-state index contributed by atoms with van der Waals surface area (Å²) in [5, 5.41) is 3.89. The third kappa shape index (κ3) is 2.91. The SMILES string of the molecule is NCCOCc1nc(N2CCOCC2)no1. The van der Waals surface area contributed by atoms with Gasteiger partial charge in [0, 0.05) is 19.6 Å². The van der Waals surface area contributed by atoms with Crippen LogP contribution in [0.2, 0.25) is 0 Å². The highest BCUT2D eigenvalue weighted by Crippen LogP contribution is 2.11. The number of morpholine rings is 1. The summed E-state index contributed by atoms with van der Waals surface area (Å²) in [6.45, 7) is 4.29. The molecule has 7 nitrogen and oxygen atoms in total. The van der Waals surface area contributed by atoms with Crippen LogP contribution < -0.4 is 10.6 Å². The van der Waals surface area contributed by atoms with Gasteiger partial charge in [0.1, 0.15) is 6.61 Å². The van der Waals surface area contributed by atoms with Crippen LogP contribution in [0.25, 0.3) is 0 Å². The monoisotopic (exact) mass is 228 g/mol. The van der Waals surface area contributed by atoms with Crippen molar-refractivity contribution in [2.24, 2.45) is 5.73 Å². The molecule has 0 amide bonds. The van der Waals surface area contributed by atoms with Crippen LogP contribution in [0.5, 0.6) is 0 Å². The third-order valence-corrected chi connectivity index (χ3v) is 2.24. The fraction of sp³-hybridized carbons (Fsp3) is 0.778. The molecule has 0 radical (unpaired) electrons. The molecule has 16 heavy (non-hydrogen) atoms. The normalized spacial score (nSPS) is 16.7. The van der Waals surface area contributed by atoms with Crippen LogP contribution in [0.1, 0.15) is 5.89 Å². The van der Waals surface area contributed by atoms with E-state index < -0.39 is 0 Å². The third-order valence-electron chi connectivity index (χ3n) is 2.24. The number of rotatable bonds is 5. The Morgan fingerprint density at radius 1 is 1.38 bits per heavy atom. The molecule has 0 saturated carbocycles. The minimum Gasteiger partial charge on any atom is -0.378 e. The molecule has 0 aromatic carbocycles. The Morgan fingerprint density at radius 3 is 2.94 bits per heavy atom. The number of nitrogens with two attached hydrogens (primary N) is 1. The molecule has 0 unspecified atom stereocenters. The molecule has 1 fully saturated rings. The molecule has 7 heteroatoms. The number of nitrogens with zero attached hydrogens (tertiary/aromatic N) is 3. The topological polar surface area (TPSA) is 86.6 Å². The molecule has 90 valence electrons. The fourth-order valence-electron chi connectivity index (χ4n) is 1.44. The summed E-state index contributed by atoms with van der Waals surface area (Å²) in [4.78, 5) is 6.26. The number of anilines is 1. The van der Waals surface area contributed by atoms with E-state index in [4.69, 9.17) is 19.7 Å². The van der Waals surface area contributed by atoms with Crippen LogP contribution >= 0.6 is 0 Å². The quantitative estimate of drug-likeness (QED) is 0.672. The van der Waals surface area contributed by atoms with E-state index in [0.717, 1.165) is 13.1 Å². The second-order valence-electron chi connectivity index (χ2n) is 3.43. The Bertz CT molecular complexity index is 311. The number of ether oxygens (including phenoxy) is 2. The predicted octanol–water partition coefficient (Wildman–Crippen LogP) is -0.619. The zero-order chi connectivity index (χ0) is 11.2. The molecule has 2 heterocycles. The van der Waals surface area contributed by atoms with Crippen LogP contribution in [0, 0.1) is 0 Å². The Kier molecular flexibility index (Phi) is 4.09. The lowest BCUT2D eigenvalue weighted by atomic mass is 10.4. The van der Waals surface area contributed by atoms with E-state index in [1.165, 1.54) is 0 Å². The van der Waals surface area contributed by atoms with Gasteiger partial charge in [-0.15, -0.1) is 0 Å². The maximum Gasteiger partial charge on any atom is 0.266 e. The molecular formula is C9H16N4O3. The summed E-state index contributed by atoms with van der Waals surface area (Å²) in [5.74, 6) is 1.09. The van der Waals surface area contributed by atoms with Crippen molar-refractivity contribution in [3.63, 3.8) is 0 Å². The largest absolute Gasteiger partial charge is 0.378 e. The molecule has 1 aromatic rings. The van der Waals surface area contributed by atoms with Crippen molar-refractivity contribution in [3.05, 3.63) is 5.89 Å². The Morgan fingerprint density at radius 2 is 2.19 bits per heavy atom. The molecule has 1 saturated heterocycles. The number of aromatic nitrogens is 2. The van der Waals surface area contributed by atoms with Crippen molar-refractivity contribution in [3.8, 4) is 0 Å². The minimum absolute atomic E-state index is 0.314. The van der Waals surface area contributed by atoms with Gasteiger partial charge in [0.15, 0.2) is 0 Å². The summed E-state index contributed by atoms with van der Waals surface area (Å²) in [6, 6.07) is 0. The van der Waals surface area contributed by atoms with Crippen LogP contribution in [-0.4, -0.2) is 49.6 Å². The second kappa shape index (κ2) is 5.78. The molecule has 0 atom stereocenters. The first kappa shape index (κ1) is 11.3. The van der Waals surface area contributed by atoms with Crippen molar-refractivity contribution >= 4 is 5.95 Å². The molecule has 2 N–H and O–H groups in total. The minimum atomic E-state index is 0.314. The lowest BCUT2D eigenvalue weighted by Gasteiger charge is -2.24. The van der Waals surface area contributed by atoms with Gasteiger partial charge in [0.25, 0.3) is 11.8 Å². The van der Waals surface area contributed by atoms with Crippen molar-refractivity contribution in [2.75, 3.05) is 44.4 Å². The molecule has 0 spiro atoms. The molecule has 1 aliphatic heterocycles. The molecule has 0 bridgehead atoms. The maximum atomic E-state index is 5.30. The van der Waals surface area contributed by atoms with E-state index in [1.807, 2.05) is 4.90 Å². The first-order chi connectivity index (χ1) is 7.90. The van der Waals surface area contributed by atoms with Gasteiger partial charge < -0.3 is 24.6 Å². The van der Waals surface area contributed by atoms with Gasteiger partial charge in [-0.25, -0.2) is 0 Å². The highest BCUT2D eigenvalue weighted by molar-refractivity contribution is 5.27. The second-order valence-corrected chi connectivity index (χ2v) is 3.43. The van der Waals surface area contributed by atoms with Gasteiger partial charge in [-0.1, -0.05) is 0 Å². The molecular weight excluding hydrogens is 212 g/mol. The smallest absolute Gasteiger partial charge is 0.266 e. The van der Waals surface area contributed by atoms with Gasteiger partial charge >= 0.3 is 0 Å². The van der Waals surface area contributed by atoms with Gasteiger partial charge in [-0.2, -0.15) is 4.98 Å². The molecule has 1 aliphatic rings. The Labute approximate surface area is 93.5 Å². The van der Waals surface area contributed by atoms with Crippen molar-refractivity contribution in [2.45, 2.75) is 6.61 Å². The fourth-order valence-corrected chi connectivity index (χ4v) is 1.44. The lowest BCUT2D eigenvalue weighted by Crippen LogP contribution is -2.36. The van der Waals surface area contributed by atoms with Gasteiger partial charge in [-0.3, -0.25) is 0 Å². The Hall–Kier alpha value is -1.18. The lowest BCUT2D eigenvalue weighted by molar-refractivity contribution is 0.104. The standard InChI is InChI=1S/C9H16N4O3/c10-1-4-15-7-8-11-9(12-16-8)13-2-5-14-6-3-13/h1-7,10H2. The van der Waals surface area contributed by atoms with Gasteiger partial charge in [0.05, 0.1) is 19.8 Å². The molecule has 0 aliphatic carbocycles. The van der Waals surface area contributed by atoms with E-state index in [2.05, 4.69) is 10.1 Å². The van der Waals surface area contributed by atoms with Crippen molar-refractivity contribution in [1.82, 2.24) is 10.1 Å². The van der Waals surface area contributed by atoms with E-state index in [1.54, 1.807) is 0 Å². The summed E-state index contributed by atoms with van der Waals surface area (Å²) >= 11 is 0. The van der Waals surface area contributed by atoms with Gasteiger partial charge in [-0.05, 0) is 5.16 Å². The highest BCUT2D eigenvalue weighted by Gasteiger charge is 2.16. The average molecular weight is 228 g/mol.